The number of β-lactam (4-membered cyclic amide) rings is 1. The van der Waals surface area contributed by atoms with Crippen LogP contribution in [-0.4, -0.2) is 29.7 Å². The maximum Gasteiger partial charge on any atom is 0.345 e. The van der Waals surface area contributed by atoms with Crippen molar-refractivity contribution in [2.45, 2.75) is 32.1 Å². The molecule has 2 aromatic carbocycles. The molecule has 0 bridgehead atoms. The van der Waals surface area contributed by atoms with E-state index in [4.69, 9.17) is 9.05 Å². The first-order valence-electron chi connectivity index (χ1n) is 8.89. The fraction of sp³-hybridized carbons (Fsp3) is 0.350. The Morgan fingerprint density at radius 2 is 1.46 bits per heavy atom. The van der Waals surface area contributed by atoms with E-state index >= 15 is 0 Å². The van der Waals surface area contributed by atoms with E-state index in [0.29, 0.717) is 6.54 Å². The number of carbonyl (C=O) groups excluding carboxylic acids is 1. The van der Waals surface area contributed by atoms with Gasteiger partial charge in [-0.1, -0.05) is 60.7 Å². The van der Waals surface area contributed by atoms with E-state index in [2.05, 4.69) is 0 Å². The Morgan fingerprint density at radius 1 is 0.923 bits per heavy atom. The standard InChI is InChI=1S/C20H24NO4P/c1-3-24-26(23,25-4-2)19-18(17-13-9-6-10-14-17)21(20(19)22)15-16-11-7-5-8-12-16/h5-14,18-19H,3-4,15H2,1-2H3/t18-,19-/m1/s1. The van der Waals surface area contributed by atoms with Crippen LogP contribution in [0.4, 0.5) is 0 Å². The highest BCUT2D eigenvalue weighted by Gasteiger charge is 2.59. The molecule has 1 heterocycles. The summed E-state index contributed by atoms with van der Waals surface area (Å²) in [5.74, 6) is -0.187. The number of likely N-dealkylation sites (tertiary alicyclic amines) is 1. The summed E-state index contributed by atoms with van der Waals surface area (Å²) in [6, 6.07) is 19.1. The summed E-state index contributed by atoms with van der Waals surface area (Å²) in [5.41, 5.74) is 1.17. The molecule has 0 aromatic heterocycles. The lowest BCUT2D eigenvalue weighted by Crippen LogP contribution is -2.58. The zero-order valence-corrected chi connectivity index (χ0v) is 16.0. The second-order valence-electron chi connectivity index (χ2n) is 6.13. The molecule has 5 nitrogen and oxygen atoms in total. The van der Waals surface area contributed by atoms with Crippen LogP contribution < -0.4 is 0 Å². The molecule has 1 fully saturated rings. The van der Waals surface area contributed by atoms with Gasteiger partial charge in [0.1, 0.15) is 0 Å². The van der Waals surface area contributed by atoms with Gasteiger partial charge in [0.15, 0.2) is 5.66 Å². The smallest absolute Gasteiger partial charge is 0.329 e. The van der Waals surface area contributed by atoms with Crippen LogP contribution in [0, 0.1) is 0 Å². The largest absolute Gasteiger partial charge is 0.345 e. The van der Waals surface area contributed by atoms with Crippen LogP contribution in [0.15, 0.2) is 60.7 Å². The number of amides is 1. The summed E-state index contributed by atoms with van der Waals surface area (Å²) in [4.78, 5) is 14.7. The molecular formula is C20H24NO4P. The number of hydrogen-bond donors (Lipinski definition) is 0. The molecule has 1 aliphatic heterocycles. The predicted molar refractivity (Wildman–Crippen MR) is 101 cm³/mol. The fourth-order valence-electron chi connectivity index (χ4n) is 3.37. The molecule has 2 atom stereocenters. The van der Waals surface area contributed by atoms with Crippen molar-refractivity contribution < 1.29 is 18.4 Å². The van der Waals surface area contributed by atoms with Crippen molar-refractivity contribution in [2.24, 2.45) is 0 Å². The van der Waals surface area contributed by atoms with Crippen LogP contribution in [-0.2, 0) is 25.0 Å². The summed E-state index contributed by atoms with van der Waals surface area (Å²) in [7, 11) is -3.53. The average molecular weight is 373 g/mol. The maximum atomic E-state index is 13.3. The van der Waals surface area contributed by atoms with E-state index in [-0.39, 0.29) is 25.2 Å². The Kier molecular flexibility index (Phi) is 5.92. The third kappa shape index (κ3) is 3.61. The van der Waals surface area contributed by atoms with Gasteiger partial charge in [-0.05, 0) is 25.0 Å². The van der Waals surface area contributed by atoms with E-state index in [1.54, 1.807) is 18.7 Å². The van der Waals surface area contributed by atoms with Gasteiger partial charge in [0.2, 0.25) is 5.91 Å². The summed E-state index contributed by atoms with van der Waals surface area (Å²) < 4.78 is 24.3. The lowest BCUT2D eigenvalue weighted by molar-refractivity contribution is -0.147. The second-order valence-corrected chi connectivity index (χ2v) is 8.28. The molecule has 0 saturated carbocycles. The van der Waals surface area contributed by atoms with Crippen molar-refractivity contribution in [3.8, 4) is 0 Å². The van der Waals surface area contributed by atoms with E-state index in [1.807, 2.05) is 60.7 Å². The highest BCUT2D eigenvalue weighted by atomic mass is 31.2. The minimum absolute atomic E-state index is 0.187. The van der Waals surface area contributed by atoms with Crippen LogP contribution >= 0.6 is 7.60 Å². The quantitative estimate of drug-likeness (QED) is 0.508. The second kappa shape index (κ2) is 8.17. The lowest BCUT2D eigenvalue weighted by atomic mass is 9.92. The van der Waals surface area contributed by atoms with Crippen LogP contribution in [0.3, 0.4) is 0 Å². The molecule has 26 heavy (non-hydrogen) atoms. The van der Waals surface area contributed by atoms with Gasteiger partial charge < -0.3 is 13.9 Å². The molecular weight excluding hydrogens is 349 g/mol. The topological polar surface area (TPSA) is 55.8 Å². The summed E-state index contributed by atoms with van der Waals surface area (Å²) in [6.07, 6.45) is 0. The van der Waals surface area contributed by atoms with Gasteiger partial charge in [-0.15, -0.1) is 0 Å². The van der Waals surface area contributed by atoms with Gasteiger partial charge in [-0.25, -0.2) is 0 Å². The van der Waals surface area contributed by atoms with Crippen molar-refractivity contribution in [2.75, 3.05) is 13.2 Å². The van der Waals surface area contributed by atoms with Crippen LogP contribution in [0.1, 0.15) is 31.0 Å². The summed E-state index contributed by atoms with van der Waals surface area (Å²) in [5, 5.41) is 0. The number of rotatable bonds is 8. The number of nitrogens with zero attached hydrogens (tertiary/aromatic N) is 1. The monoisotopic (exact) mass is 373 g/mol. The Balaban J connectivity index is 1.94. The van der Waals surface area contributed by atoms with Crippen molar-refractivity contribution in [1.29, 1.82) is 0 Å². The van der Waals surface area contributed by atoms with Crippen LogP contribution in [0.2, 0.25) is 0 Å². The van der Waals surface area contributed by atoms with Gasteiger partial charge in [0, 0.05) is 6.54 Å². The third-order valence-electron chi connectivity index (χ3n) is 4.47. The summed E-state index contributed by atoms with van der Waals surface area (Å²) in [6.45, 7) is 4.46. The number of carbonyl (C=O) groups is 1. The third-order valence-corrected chi connectivity index (χ3v) is 6.89. The molecule has 138 valence electrons. The molecule has 2 aromatic rings. The zero-order chi connectivity index (χ0) is 18.6. The van der Waals surface area contributed by atoms with Crippen LogP contribution in [0.25, 0.3) is 0 Å². The van der Waals surface area contributed by atoms with Gasteiger partial charge in [-0.3, -0.25) is 9.36 Å². The van der Waals surface area contributed by atoms with E-state index in [9.17, 15) is 9.36 Å². The molecule has 0 aliphatic carbocycles. The minimum atomic E-state index is -3.53. The molecule has 0 spiro atoms. The van der Waals surface area contributed by atoms with E-state index in [0.717, 1.165) is 11.1 Å². The highest BCUT2D eigenvalue weighted by molar-refractivity contribution is 7.56. The molecule has 0 radical (unpaired) electrons. The molecule has 6 heteroatoms. The Hall–Kier alpha value is -1.94. The van der Waals surface area contributed by atoms with Gasteiger partial charge in [0.05, 0.1) is 19.3 Å². The Morgan fingerprint density at radius 3 is 2.00 bits per heavy atom. The van der Waals surface area contributed by atoms with Gasteiger partial charge in [0.25, 0.3) is 0 Å². The van der Waals surface area contributed by atoms with Crippen molar-refractivity contribution >= 4 is 13.5 Å². The molecule has 3 rings (SSSR count). The molecule has 1 saturated heterocycles. The molecule has 0 unspecified atom stereocenters. The van der Waals surface area contributed by atoms with Crippen molar-refractivity contribution in [3.63, 3.8) is 0 Å². The van der Waals surface area contributed by atoms with Crippen molar-refractivity contribution in [1.82, 2.24) is 4.90 Å². The number of benzene rings is 2. The van der Waals surface area contributed by atoms with E-state index in [1.165, 1.54) is 0 Å². The van der Waals surface area contributed by atoms with E-state index < -0.39 is 13.3 Å². The minimum Gasteiger partial charge on any atom is -0.329 e. The first kappa shape index (κ1) is 18.8. The molecule has 1 amide bonds. The Labute approximate surface area is 154 Å². The average Bonchev–Trinajstić information content (AvgIpc) is 2.65. The van der Waals surface area contributed by atoms with Crippen molar-refractivity contribution in [3.05, 3.63) is 71.8 Å². The lowest BCUT2D eigenvalue weighted by Gasteiger charge is -2.48. The van der Waals surface area contributed by atoms with Gasteiger partial charge in [-0.2, -0.15) is 0 Å². The Bertz CT molecular complexity index is 771. The van der Waals surface area contributed by atoms with Crippen LogP contribution in [0.5, 0.6) is 0 Å². The fourth-order valence-corrected chi connectivity index (χ4v) is 5.58. The predicted octanol–water partition coefficient (Wildman–Crippen LogP) is 4.40. The maximum absolute atomic E-state index is 13.3. The highest BCUT2D eigenvalue weighted by Crippen LogP contribution is 2.62. The first-order valence-corrected chi connectivity index (χ1v) is 10.5. The first-order chi connectivity index (χ1) is 12.6. The molecule has 1 aliphatic rings. The normalized spacial score (nSPS) is 20.1. The summed E-state index contributed by atoms with van der Waals surface area (Å²) >= 11 is 0. The van der Waals surface area contributed by atoms with Gasteiger partial charge >= 0.3 is 7.60 Å². The number of hydrogen-bond acceptors (Lipinski definition) is 4. The molecule has 0 N–H and O–H groups in total. The SMILES string of the molecule is CCOP(=O)(OCC)[C@H]1C(=O)N(Cc2ccccc2)[C@@H]1c1ccccc1. The zero-order valence-electron chi connectivity index (χ0n) is 15.1.